The Bertz CT molecular complexity index is 769. The Kier molecular flexibility index (Phi) is 3.94. The van der Waals surface area contributed by atoms with Gasteiger partial charge in [-0.2, -0.15) is 4.98 Å². The van der Waals surface area contributed by atoms with Crippen molar-refractivity contribution in [1.29, 1.82) is 0 Å². The molecule has 0 unspecified atom stereocenters. The van der Waals surface area contributed by atoms with E-state index in [0.29, 0.717) is 27.4 Å². The van der Waals surface area contributed by atoms with E-state index in [9.17, 15) is 4.39 Å². The van der Waals surface area contributed by atoms with Crippen LogP contribution in [0.3, 0.4) is 0 Å². The van der Waals surface area contributed by atoms with Crippen LogP contribution in [0.25, 0.3) is 11.5 Å². The summed E-state index contributed by atoms with van der Waals surface area (Å²) >= 11 is 2.81. The molecule has 0 aliphatic heterocycles. The molecule has 4 nitrogen and oxygen atoms in total. The molecule has 108 valence electrons. The van der Waals surface area contributed by atoms with Gasteiger partial charge in [-0.25, -0.2) is 4.39 Å². The molecule has 0 radical (unpaired) electrons. The molecule has 0 amide bonds. The van der Waals surface area contributed by atoms with Crippen molar-refractivity contribution in [3.8, 4) is 11.5 Å². The van der Waals surface area contributed by atoms with Crippen molar-refractivity contribution in [1.82, 2.24) is 10.1 Å². The zero-order valence-corrected chi connectivity index (χ0v) is 12.8. The first-order chi connectivity index (χ1) is 10.1. The Labute approximate surface area is 129 Å². The third-order valence-corrected chi connectivity index (χ3v) is 4.70. The average molecular weight is 321 g/mol. The topological polar surface area (TPSA) is 64.9 Å². The number of halogens is 1. The Morgan fingerprint density at radius 1 is 1.38 bits per heavy atom. The van der Waals surface area contributed by atoms with Crippen LogP contribution in [-0.4, -0.2) is 10.1 Å². The molecule has 2 aromatic heterocycles. The van der Waals surface area contributed by atoms with Gasteiger partial charge in [0.15, 0.2) is 5.82 Å². The van der Waals surface area contributed by atoms with Crippen LogP contribution in [-0.2, 0) is 5.75 Å². The van der Waals surface area contributed by atoms with E-state index < -0.39 is 0 Å². The van der Waals surface area contributed by atoms with E-state index in [1.807, 2.05) is 13.0 Å². The number of hydrogen-bond donors (Lipinski definition) is 1. The lowest BCUT2D eigenvalue weighted by atomic mass is 10.3. The highest BCUT2D eigenvalue weighted by atomic mass is 32.2. The van der Waals surface area contributed by atoms with E-state index in [1.165, 1.54) is 29.2 Å². The summed E-state index contributed by atoms with van der Waals surface area (Å²) in [6.45, 7) is 1.97. The minimum Gasteiger partial charge on any atom is -0.390 e. The van der Waals surface area contributed by atoms with Crippen molar-refractivity contribution in [2.24, 2.45) is 0 Å². The fourth-order valence-corrected chi connectivity index (χ4v) is 3.39. The first-order valence-electron chi connectivity index (χ1n) is 6.19. The Balaban J connectivity index is 1.74. The first kappa shape index (κ1) is 14.1. The molecule has 0 saturated heterocycles. The van der Waals surface area contributed by atoms with Gasteiger partial charge < -0.3 is 10.3 Å². The number of thiophene rings is 1. The van der Waals surface area contributed by atoms with Gasteiger partial charge in [-0.1, -0.05) is 17.3 Å². The zero-order valence-electron chi connectivity index (χ0n) is 11.2. The number of rotatable bonds is 4. The lowest BCUT2D eigenvalue weighted by Crippen LogP contribution is -1.87. The maximum Gasteiger partial charge on any atom is 0.260 e. The molecule has 0 aliphatic rings. The molecule has 3 aromatic rings. The van der Waals surface area contributed by atoms with Crippen molar-refractivity contribution in [3.63, 3.8) is 0 Å². The maximum atomic E-state index is 13.5. The van der Waals surface area contributed by atoms with Crippen molar-refractivity contribution >= 4 is 28.1 Å². The minimum absolute atomic E-state index is 0.246. The Morgan fingerprint density at radius 3 is 2.90 bits per heavy atom. The normalized spacial score (nSPS) is 11.0. The molecule has 0 spiro atoms. The fourth-order valence-electron chi connectivity index (χ4n) is 1.83. The molecule has 0 atom stereocenters. The lowest BCUT2D eigenvalue weighted by Gasteiger charge is -1.99. The number of aromatic nitrogens is 2. The minimum atomic E-state index is -0.246. The van der Waals surface area contributed by atoms with Crippen LogP contribution in [0.4, 0.5) is 9.39 Å². The summed E-state index contributed by atoms with van der Waals surface area (Å²) in [4.78, 5) is 5.96. The molecule has 0 fully saturated rings. The number of aryl methyl sites for hydroxylation is 1. The Hall–Kier alpha value is -1.86. The van der Waals surface area contributed by atoms with Gasteiger partial charge in [0, 0.05) is 9.77 Å². The van der Waals surface area contributed by atoms with E-state index in [4.69, 9.17) is 10.3 Å². The van der Waals surface area contributed by atoms with E-state index in [1.54, 1.807) is 18.2 Å². The molecule has 0 aliphatic carbocycles. The molecule has 7 heteroatoms. The number of nitrogens with two attached hydrogens (primary N) is 1. The van der Waals surface area contributed by atoms with E-state index >= 15 is 0 Å². The summed E-state index contributed by atoms with van der Waals surface area (Å²) in [6.07, 6.45) is 0. The van der Waals surface area contributed by atoms with E-state index in [-0.39, 0.29) is 5.82 Å². The molecule has 2 N–H and O–H groups in total. The highest BCUT2D eigenvalue weighted by Gasteiger charge is 2.14. The number of nitrogen functional groups attached to an aromatic ring is 1. The third-order valence-electron chi connectivity index (χ3n) is 2.78. The second-order valence-corrected chi connectivity index (χ2v) is 6.67. The number of nitrogens with zero attached hydrogens (tertiary/aromatic N) is 2. The summed E-state index contributed by atoms with van der Waals surface area (Å²) in [7, 11) is 0. The zero-order chi connectivity index (χ0) is 14.8. The third kappa shape index (κ3) is 3.08. The second kappa shape index (κ2) is 5.87. The van der Waals surface area contributed by atoms with E-state index in [2.05, 4.69) is 10.1 Å². The monoisotopic (exact) mass is 321 g/mol. The first-order valence-corrected chi connectivity index (χ1v) is 8.00. The average Bonchev–Trinajstić information content (AvgIpc) is 3.04. The maximum absolute atomic E-state index is 13.5. The van der Waals surface area contributed by atoms with Crippen LogP contribution in [0, 0.1) is 12.7 Å². The highest BCUT2D eigenvalue weighted by molar-refractivity contribution is 7.98. The van der Waals surface area contributed by atoms with Crippen LogP contribution in [0.2, 0.25) is 0 Å². The van der Waals surface area contributed by atoms with Crippen LogP contribution >= 0.6 is 23.1 Å². The van der Waals surface area contributed by atoms with Gasteiger partial charge in [-0.15, -0.1) is 23.1 Å². The lowest BCUT2D eigenvalue weighted by molar-refractivity contribution is 0.425. The standard InChI is InChI=1S/C14H12FN3OS2/c1-8-6-9(13(16)21-8)14-17-12(18-19-14)7-20-11-5-3-2-4-10(11)15/h2-6H,7,16H2,1H3. The molecular weight excluding hydrogens is 309 g/mol. The summed E-state index contributed by atoms with van der Waals surface area (Å²) in [5, 5.41) is 4.56. The molecule has 21 heavy (non-hydrogen) atoms. The molecule has 2 heterocycles. The summed E-state index contributed by atoms with van der Waals surface area (Å²) in [5.41, 5.74) is 6.66. The van der Waals surface area contributed by atoms with Gasteiger partial charge in [0.2, 0.25) is 0 Å². The van der Waals surface area contributed by atoms with Gasteiger partial charge in [0.25, 0.3) is 5.89 Å². The molecule has 0 saturated carbocycles. The quantitative estimate of drug-likeness (QED) is 0.732. The van der Waals surface area contributed by atoms with Crippen molar-refractivity contribution in [2.45, 2.75) is 17.6 Å². The second-order valence-electron chi connectivity index (χ2n) is 4.37. The largest absolute Gasteiger partial charge is 0.390 e. The molecule has 1 aromatic carbocycles. The SMILES string of the molecule is Cc1cc(-c2nc(CSc3ccccc3F)no2)c(N)s1. The van der Waals surface area contributed by atoms with Gasteiger partial charge in [0.05, 0.1) is 16.3 Å². The van der Waals surface area contributed by atoms with Gasteiger partial charge >= 0.3 is 0 Å². The smallest absolute Gasteiger partial charge is 0.260 e. The van der Waals surface area contributed by atoms with Crippen LogP contribution < -0.4 is 5.73 Å². The summed E-state index contributed by atoms with van der Waals surface area (Å²) < 4.78 is 18.7. The summed E-state index contributed by atoms with van der Waals surface area (Å²) in [6, 6.07) is 8.52. The van der Waals surface area contributed by atoms with Crippen LogP contribution in [0.5, 0.6) is 0 Å². The van der Waals surface area contributed by atoms with Crippen LogP contribution in [0.15, 0.2) is 39.8 Å². The number of hydrogen-bond acceptors (Lipinski definition) is 6. The highest BCUT2D eigenvalue weighted by Crippen LogP contribution is 2.33. The van der Waals surface area contributed by atoms with E-state index in [0.717, 1.165) is 10.4 Å². The predicted octanol–water partition coefficient (Wildman–Crippen LogP) is 4.12. The molecule has 3 rings (SSSR count). The number of thioether (sulfide) groups is 1. The number of anilines is 1. The summed E-state index contributed by atoms with van der Waals surface area (Å²) in [5.74, 6) is 1.11. The predicted molar refractivity (Wildman–Crippen MR) is 82.7 cm³/mol. The van der Waals surface area contributed by atoms with Crippen molar-refractivity contribution in [2.75, 3.05) is 5.73 Å². The number of benzene rings is 1. The van der Waals surface area contributed by atoms with Crippen molar-refractivity contribution < 1.29 is 8.91 Å². The fraction of sp³-hybridized carbons (Fsp3) is 0.143. The van der Waals surface area contributed by atoms with Gasteiger partial charge in [0.1, 0.15) is 5.82 Å². The molecular formula is C14H12FN3OS2. The van der Waals surface area contributed by atoms with Crippen molar-refractivity contribution in [3.05, 3.63) is 46.9 Å². The van der Waals surface area contributed by atoms with Gasteiger partial charge in [-0.3, -0.25) is 0 Å². The van der Waals surface area contributed by atoms with Gasteiger partial charge in [-0.05, 0) is 25.1 Å². The van der Waals surface area contributed by atoms with Crippen LogP contribution in [0.1, 0.15) is 10.7 Å². The molecule has 0 bridgehead atoms. The Morgan fingerprint density at radius 2 is 2.19 bits per heavy atom.